The van der Waals surface area contributed by atoms with E-state index in [1.807, 2.05) is 0 Å². The zero-order valence-electron chi connectivity index (χ0n) is 12.5. The summed E-state index contributed by atoms with van der Waals surface area (Å²) in [6.45, 7) is 2.50. The second-order valence-electron chi connectivity index (χ2n) is 4.27. The van der Waals surface area contributed by atoms with E-state index in [1.165, 1.54) is 0 Å². The summed E-state index contributed by atoms with van der Waals surface area (Å²) in [7, 11) is 1.64. The van der Waals surface area contributed by atoms with Gasteiger partial charge in [0, 0.05) is 32.3 Å². The molecule has 0 aromatic heterocycles. The molecule has 0 unspecified atom stereocenters. The van der Waals surface area contributed by atoms with Crippen molar-refractivity contribution >= 4 is 24.2 Å². The molecule has 0 fully saturated rings. The van der Waals surface area contributed by atoms with Gasteiger partial charge in [-0.3, -0.25) is 9.59 Å². The Morgan fingerprint density at radius 3 is 2.41 bits per heavy atom. The number of hydrogen-bond acceptors (Lipinski definition) is 5. The highest BCUT2D eigenvalue weighted by molar-refractivity contribution is 5.92. The fraction of sp³-hybridized carbons (Fsp3) is 0.429. The highest BCUT2D eigenvalue weighted by atomic mass is 35.5. The quantitative estimate of drug-likeness (QED) is 0.521. The molecule has 0 radical (unpaired) electrons. The second kappa shape index (κ2) is 11.8. The molecular formula is C14H22ClN3O4. The Kier molecular flexibility index (Phi) is 10.8. The van der Waals surface area contributed by atoms with Gasteiger partial charge in [0.25, 0.3) is 5.91 Å². The maximum absolute atomic E-state index is 11.5. The van der Waals surface area contributed by atoms with Crippen LogP contribution in [0.2, 0.25) is 0 Å². The first-order valence-electron chi connectivity index (χ1n) is 6.62. The number of halogens is 1. The fourth-order valence-electron chi connectivity index (χ4n) is 1.50. The molecule has 0 saturated carbocycles. The van der Waals surface area contributed by atoms with Crippen LogP contribution in [-0.4, -0.2) is 51.8 Å². The third-order valence-corrected chi connectivity index (χ3v) is 2.62. The van der Waals surface area contributed by atoms with E-state index in [4.69, 9.17) is 15.2 Å². The Hall–Kier alpha value is -1.83. The maximum Gasteiger partial charge on any atom is 0.257 e. The minimum atomic E-state index is -0.500. The summed E-state index contributed by atoms with van der Waals surface area (Å²) in [5.41, 5.74) is 5.52. The van der Waals surface area contributed by atoms with Gasteiger partial charge in [-0.25, -0.2) is 0 Å². The molecule has 2 amide bonds. The Bertz CT molecular complexity index is 454. The van der Waals surface area contributed by atoms with Crippen LogP contribution in [0.4, 0.5) is 0 Å². The third kappa shape index (κ3) is 8.46. The smallest absolute Gasteiger partial charge is 0.257 e. The van der Waals surface area contributed by atoms with Crippen LogP contribution in [-0.2, 0) is 9.53 Å². The molecule has 1 aromatic carbocycles. The number of methoxy groups -OCH3 is 1. The van der Waals surface area contributed by atoms with Crippen molar-refractivity contribution in [3.8, 4) is 5.75 Å². The highest BCUT2D eigenvalue weighted by Crippen LogP contribution is 2.11. The van der Waals surface area contributed by atoms with Gasteiger partial charge in [0.05, 0.1) is 6.61 Å². The number of rotatable bonds is 10. The topological polar surface area (TPSA) is 103 Å². The number of benzene rings is 1. The van der Waals surface area contributed by atoms with Gasteiger partial charge in [-0.05, 0) is 24.3 Å². The fourth-order valence-corrected chi connectivity index (χ4v) is 1.50. The van der Waals surface area contributed by atoms with E-state index < -0.39 is 5.91 Å². The van der Waals surface area contributed by atoms with Crippen molar-refractivity contribution in [2.75, 3.05) is 40.0 Å². The number of nitrogens with two attached hydrogens (primary N) is 1. The molecule has 8 heteroatoms. The number of amides is 2. The van der Waals surface area contributed by atoms with Crippen molar-refractivity contribution in [2.24, 2.45) is 5.73 Å². The zero-order valence-corrected chi connectivity index (χ0v) is 13.3. The summed E-state index contributed by atoms with van der Waals surface area (Å²) in [5.74, 6) is -0.198. The molecular weight excluding hydrogens is 310 g/mol. The van der Waals surface area contributed by atoms with E-state index in [9.17, 15) is 9.59 Å². The Morgan fingerprint density at radius 2 is 1.82 bits per heavy atom. The summed E-state index contributed by atoms with van der Waals surface area (Å²) in [6.07, 6.45) is 0. The van der Waals surface area contributed by atoms with Crippen LogP contribution in [0, 0.1) is 0 Å². The van der Waals surface area contributed by atoms with Crippen molar-refractivity contribution < 1.29 is 19.1 Å². The molecule has 4 N–H and O–H groups in total. The molecule has 0 atom stereocenters. The van der Waals surface area contributed by atoms with Gasteiger partial charge < -0.3 is 25.8 Å². The Morgan fingerprint density at radius 1 is 1.14 bits per heavy atom. The molecule has 1 rings (SSSR count). The van der Waals surface area contributed by atoms with E-state index in [0.717, 1.165) is 6.54 Å². The van der Waals surface area contributed by atoms with E-state index in [1.54, 1.807) is 31.4 Å². The van der Waals surface area contributed by atoms with Crippen molar-refractivity contribution in [1.29, 1.82) is 0 Å². The van der Waals surface area contributed by atoms with Crippen molar-refractivity contribution in [1.82, 2.24) is 10.6 Å². The first kappa shape index (κ1) is 20.2. The van der Waals surface area contributed by atoms with E-state index in [-0.39, 0.29) is 24.9 Å². The van der Waals surface area contributed by atoms with Crippen LogP contribution < -0.4 is 21.1 Å². The molecule has 0 bridgehead atoms. The van der Waals surface area contributed by atoms with E-state index in [2.05, 4.69) is 10.6 Å². The minimum Gasteiger partial charge on any atom is -0.484 e. The normalized spacial score (nSPS) is 9.68. The number of primary amides is 1. The number of carbonyl (C=O) groups is 2. The van der Waals surface area contributed by atoms with Crippen LogP contribution in [0.5, 0.6) is 5.75 Å². The predicted molar refractivity (Wildman–Crippen MR) is 85.5 cm³/mol. The highest BCUT2D eigenvalue weighted by Gasteiger charge is 2.03. The van der Waals surface area contributed by atoms with Crippen molar-refractivity contribution in [2.45, 2.75) is 0 Å². The lowest BCUT2D eigenvalue weighted by molar-refractivity contribution is -0.123. The number of hydrogen-bond donors (Lipinski definition) is 3. The maximum atomic E-state index is 11.5. The van der Waals surface area contributed by atoms with Crippen LogP contribution in [0.25, 0.3) is 0 Å². The molecule has 0 heterocycles. The lowest BCUT2D eigenvalue weighted by atomic mass is 10.2. The van der Waals surface area contributed by atoms with Gasteiger partial charge in [-0.2, -0.15) is 0 Å². The van der Waals surface area contributed by atoms with Gasteiger partial charge in [-0.15, -0.1) is 12.4 Å². The number of nitrogens with one attached hydrogen (secondary N) is 2. The lowest BCUT2D eigenvalue weighted by Crippen LogP contribution is -2.35. The van der Waals surface area contributed by atoms with Gasteiger partial charge in [0.2, 0.25) is 5.91 Å². The van der Waals surface area contributed by atoms with Gasteiger partial charge in [0.1, 0.15) is 5.75 Å². The molecule has 7 nitrogen and oxygen atoms in total. The summed E-state index contributed by atoms with van der Waals surface area (Å²) in [4.78, 5) is 22.4. The van der Waals surface area contributed by atoms with Crippen LogP contribution >= 0.6 is 12.4 Å². The first-order valence-corrected chi connectivity index (χ1v) is 6.62. The minimum absolute atomic E-state index is 0. The van der Waals surface area contributed by atoms with E-state index in [0.29, 0.717) is 31.0 Å². The summed E-state index contributed by atoms with van der Waals surface area (Å²) in [6, 6.07) is 6.30. The van der Waals surface area contributed by atoms with E-state index >= 15 is 0 Å². The molecule has 0 spiro atoms. The molecule has 1 aromatic rings. The molecule has 0 aliphatic rings. The van der Waals surface area contributed by atoms with Crippen LogP contribution in [0.3, 0.4) is 0 Å². The average molecular weight is 332 g/mol. The summed E-state index contributed by atoms with van der Waals surface area (Å²) < 4.78 is 10.2. The van der Waals surface area contributed by atoms with Crippen LogP contribution in [0.1, 0.15) is 10.4 Å². The average Bonchev–Trinajstić information content (AvgIpc) is 2.49. The number of ether oxygens (including phenoxy) is 2. The second-order valence-corrected chi connectivity index (χ2v) is 4.27. The van der Waals surface area contributed by atoms with Crippen LogP contribution in [0.15, 0.2) is 24.3 Å². The van der Waals surface area contributed by atoms with Gasteiger partial charge in [-0.1, -0.05) is 0 Å². The lowest BCUT2D eigenvalue weighted by Gasteiger charge is -2.08. The third-order valence-electron chi connectivity index (χ3n) is 2.62. The van der Waals surface area contributed by atoms with Crippen molar-refractivity contribution in [3.63, 3.8) is 0 Å². The zero-order chi connectivity index (χ0) is 15.5. The molecule has 0 aliphatic heterocycles. The SMILES string of the molecule is COCCNCCNC(=O)COc1ccc(C(N)=O)cc1.Cl. The summed E-state index contributed by atoms with van der Waals surface area (Å²) in [5, 5.41) is 5.83. The predicted octanol–water partition coefficient (Wildman–Crippen LogP) is -0.0617. The van der Waals surface area contributed by atoms with Gasteiger partial charge >= 0.3 is 0 Å². The molecule has 0 aliphatic carbocycles. The Labute approximate surface area is 135 Å². The molecule has 22 heavy (non-hydrogen) atoms. The largest absolute Gasteiger partial charge is 0.484 e. The Balaban J connectivity index is 0.00000441. The number of carbonyl (C=O) groups excluding carboxylic acids is 2. The van der Waals surface area contributed by atoms with Crippen molar-refractivity contribution in [3.05, 3.63) is 29.8 Å². The first-order chi connectivity index (χ1) is 10.1. The molecule has 124 valence electrons. The monoisotopic (exact) mass is 331 g/mol. The standard InChI is InChI=1S/C14H21N3O4.ClH/c1-20-9-8-16-6-7-17-13(18)10-21-12-4-2-11(3-5-12)14(15)19;/h2-5,16H,6-10H2,1H3,(H2,15,19)(H,17,18);1H. The summed E-state index contributed by atoms with van der Waals surface area (Å²) >= 11 is 0. The molecule has 0 saturated heterocycles. The van der Waals surface area contributed by atoms with Gasteiger partial charge in [0.15, 0.2) is 6.61 Å².